The van der Waals surface area contributed by atoms with E-state index in [9.17, 15) is 5.11 Å². The molecule has 1 rings (SSSR count). The van der Waals surface area contributed by atoms with E-state index >= 15 is 0 Å². The number of rotatable bonds is 6. The van der Waals surface area contributed by atoms with Crippen LogP contribution in [0.15, 0.2) is 0 Å². The molecular formula is C13H28N2O. The molecule has 1 aliphatic rings. The molecule has 2 unspecified atom stereocenters. The first-order valence-corrected chi connectivity index (χ1v) is 6.71. The fourth-order valence-electron chi connectivity index (χ4n) is 2.43. The number of likely N-dealkylation sites (tertiary alicyclic amines) is 1. The Morgan fingerprint density at radius 2 is 2.19 bits per heavy atom. The smallest absolute Gasteiger partial charge is 0.0623 e. The van der Waals surface area contributed by atoms with Crippen LogP contribution < -0.4 is 5.32 Å². The Labute approximate surface area is 100 Å². The largest absolute Gasteiger partial charge is 0.394 e. The van der Waals surface area contributed by atoms with E-state index in [1.54, 1.807) is 0 Å². The molecule has 2 N–H and O–H groups in total. The van der Waals surface area contributed by atoms with Gasteiger partial charge in [-0.05, 0) is 46.2 Å². The topological polar surface area (TPSA) is 35.5 Å². The van der Waals surface area contributed by atoms with Crippen molar-refractivity contribution >= 4 is 0 Å². The van der Waals surface area contributed by atoms with Gasteiger partial charge in [-0.25, -0.2) is 0 Å². The van der Waals surface area contributed by atoms with Gasteiger partial charge < -0.3 is 10.4 Å². The van der Waals surface area contributed by atoms with Crippen LogP contribution in [0.2, 0.25) is 0 Å². The molecule has 0 bridgehead atoms. The maximum Gasteiger partial charge on any atom is 0.0623 e. The van der Waals surface area contributed by atoms with Crippen molar-refractivity contribution in [1.82, 2.24) is 10.2 Å². The van der Waals surface area contributed by atoms with Gasteiger partial charge >= 0.3 is 0 Å². The fraction of sp³-hybridized carbons (Fsp3) is 1.00. The molecule has 0 aromatic heterocycles. The molecule has 3 heteroatoms. The second-order valence-electron chi connectivity index (χ2n) is 5.46. The number of nitrogens with zero attached hydrogens (tertiary/aromatic N) is 1. The van der Waals surface area contributed by atoms with Crippen molar-refractivity contribution in [2.45, 2.75) is 58.0 Å². The third-order valence-corrected chi connectivity index (χ3v) is 3.64. The molecule has 1 saturated heterocycles. The van der Waals surface area contributed by atoms with E-state index in [0.717, 1.165) is 19.5 Å². The number of nitrogens with one attached hydrogen (secondary N) is 1. The maximum absolute atomic E-state index is 9.54. The zero-order valence-electron chi connectivity index (χ0n) is 11.1. The molecular weight excluding hydrogens is 200 g/mol. The lowest BCUT2D eigenvalue weighted by atomic mass is 9.97. The number of piperidine rings is 1. The van der Waals surface area contributed by atoms with E-state index < -0.39 is 0 Å². The lowest BCUT2D eigenvalue weighted by Gasteiger charge is -2.40. The second-order valence-corrected chi connectivity index (χ2v) is 5.46. The molecule has 0 aromatic carbocycles. The minimum atomic E-state index is -0.137. The zero-order chi connectivity index (χ0) is 12.0. The molecule has 0 saturated carbocycles. The highest BCUT2D eigenvalue weighted by atomic mass is 16.3. The van der Waals surface area contributed by atoms with Crippen molar-refractivity contribution in [3.05, 3.63) is 0 Å². The van der Waals surface area contributed by atoms with Gasteiger partial charge in [-0.15, -0.1) is 0 Å². The summed E-state index contributed by atoms with van der Waals surface area (Å²) in [5, 5.41) is 13.0. The molecule has 0 spiro atoms. The Morgan fingerprint density at radius 1 is 1.44 bits per heavy atom. The summed E-state index contributed by atoms with van der Waals surface area (Å²) in [4.78, 5) is 2.52. The standard InChI is InChI=1S/C13H28N2O/c1-4-8-14-13(3,11-16)10-15-9-6-5-7-12(15)2/h12,14,16H,4-11H2,1-3H3. The monoisotopic (exact) mass is 228 g/mol. The van der Waals surface area contributed by atoms with Gasteiger partial charge in [-0.1, -0.05) is 13.3 Å². The molecule has 16 heavy (non-hydrogen) atoms. The van der Waals surface area contributed by atoms with E-state index in [1.807, 2.05) is 0 Å². The van der Waals surface area contributed by atoms with Gasteiger partial charge in [-0.2, -0.15) is 0 Å². The summed E-state index contributed by atoms with van der Waals surface area (Å²) in [5.74, 6) is 0. The predicted molar refractivity (Wildman–Crippen MR) is 68.7 cm³/mol. The number of aliphatic hydroxyl groups excluding tert-OH is 1. The summed E-state index contributed by atoms with van der Waals surface area (Å²) in [6, 6.07) is 0.669. The second kappa shape index (κ2) is 6.58. The SMILES string of the molecule is CCCNC(C)(CO)CN1CCCCC1C. The Bertz CT molecular complexity index is 198. The third kappa shape index (κ3) is 4.04. The first-order chi connectivity index (χ1) is 7.61. The molecule has 0 aliphatic carbocycles. The fourth-order valence-corrected chi connectivity index (χ4v) is 2.43. The lowest BCUT2D eigenvalue weighted by Crippen LogP contribution is -2.56. The Morgan fingerprint density at radius 3 is 2.75 bits per heavy atom. The van der Waals surface area contributed by atoms with E-state index in [2.05, 4.69) is 31.0 Å². The Kier molecular flexibility index (Phi) is 5.73. The van der Waals surface area contributed by atoms with Gasteiger partial charge in [0.1, 0.15) is 0 Å². The van der Waals surface area contributed by atoms with Crippen LogP contribution in [0.4, 0.5) is 0 Å². The predicted octanol–water partition coefficient (Wildman–Crippen LogP) is 1.61. The molecule has 1 fully saturated rings. The van der Waals surface area contributed by atoms with Gasteiger partial charge in [-0.3, -0.25) is 4.90 Å². The maximum atomic E-state index is 9.54. The van der Waals surface area contributed by atoms with Crippen LogP contribution >= 0.6 is 0 Å². The lowest BCUT2D eigenvalue weighted by molar-refractivity contribution is 0.0806. The molecule has 0 amide bonds. The number of hydrogen-bond acceptors (Lipinski definition) is 3. The normalized spacial score (nSPS) is 26.6. The summed E-state index contributed by atoms with van der Waals surface area (Å²) in [6.45, 7) is 9.94. The minimum Gasteiger partial charge on any atom is -0.394 e. The minimum absolute atomic E-state index is 0.137. The average Bonchev–Trinajstić information content (AvgIpc) is 2.30. The third-order valence-electron chi connectivity index (χ3n) is 3.64. The van der Waals surface area contributed by atoms with Gasteiger partial charge in [0.05, 0.1) is 12.1 Å². The van der Waals surface area contributed by atoms with Crippen LogP contribution in [0, 0.1) is 0 Å². The van der Waals surface area contributed by atoms with Crippen LogP contribution in [0.3, 0.4) is 0 Å². The van der Waals surface area contributed by atoms with E-state index in [0.29, 0.717) is 6.04 Å². The van der Waals surface area contributed by atoms with Gasteiger partial charge in [0, 0.05) is 12.6 Å². The van der Waals surface area contributed by atoms with Gasteiger partial charge in [0.2, 0.25) is 0 Å². The molecule has 96 valence electrons. The summed E-state index contributed by atoms with van der Waals surface area (Å²) in [6.07, 6.45) is 5.08. The number of hydrogen-bond donors (Lipinski definition) is 2. The van der Waals surface area contributed by atoms with Crippen molar-refractivity contribution < 1.29 is 5.11 Å². The van der Waals surface area contributed by atoms with Gasteiger partial charge in [0.25, 0.3) is 0 Å². The van der Waals surface area contributed by atoms with Gasteiger partial charge in [0.15, 0.2) is 0 Å². The van der Waals surface area contributed by atoms with Crippen LogP contribution in [0.5, 0.6) is 0 Å². The molecule has 2 atom stereocenters. The van der Waals surface area contributed by atoms with E-state index in [-0.39, 0.29) is 12.1 Å². The quantitative estimate of drug-likeness (QED) is 0.725. The molecule has 0 radical (unpaired) electrons. The highest BCUT2D eigenvalue weighted by Crippen LogP contribution is 2.19. The summed E-state index contributed by atoms with van der Waals surface area (Å²) in [5.41, 5.74) is -0.137. The van der Waals surface area contributed by atoms with Crippen molar-refractivity contribution in [2.75, 3.05) is 26.2 Å². The van der Waals surface area contributed by atoms with Crippen molar-refractivity contribution in [3.63, 3.8) is 0 Å². The molecule has 0 aromatic rings. The first-order valence-electron chi connectivity index (χ1n) is 6.71. The van der Waals surface area contributed by atoms with E-state index in [4.69, 9.17) is 0 Å². The van der Waals surface area contributed by atoms with Crippen LogP contribution in [-0.2, 0) is 0 Å². The van der Waals surface area contributed by atoms with Crippen LogP contribution in [-0.4, -0.2) is 47.8 Å². The Balaban J connectivity index is 2.46. The summed E-state index contributed by atoms with van der Waals surface area (Å²) in [7, 11) is 0. The summed E-state index contributed by atoms with van der Waals surface area (Å²) >= 11 is 0. The van der Waals surface area contributed by atoms with E-state index in [1.165, 1.54) is 25.8 Å². The zero-order valence-corrected chi connectivity index (χ0v) is 11.1. The van der Waals surface area contributed by atoms with Crippen molar-refractivity contribution in [3.8, 4) is 0 Å². The van der Waals surface area contributed by atoms with Crippen LogP contribution in [0.25, 0.3) is 0 Å². The first kappa shape index (κ1) is 13.9. The van der Waals surface area contributed by atoms with Crippen LogP contribution in [0.1, 0.15) is 46.5 Å². The molecule has 1 heterocycles. The molecule has 3 nitrogen and oxygen atoms in total. The summed E-state index contributed by atoms with van der Waals surface area (Å²) < 4.78 is 0. The molecule has 1 aliphatic heterocycles. The average molecular weight is 228 g/mol. The van der Waals surface area contributed by atoms with Crippen molar-refractivity contribution in [1.29, 1.82) is 0 Å². The highest BCUT2D eigenvalue weighted by molar-refractivity contribution is 4.88. The van der Waals surface area contributed by atoms with Crippen molar-refractivity contribution in [2.24, 2.45) is 0 Å². The number of aliphatic hydroxyl groups is 1. The highest BCUT2D eigenvalue weighted by Gasteiger charge is 2.28. The Hall–Kier alpha value is -0.120.